The first-order chi connectivity index (χ1) is 9.17. The fourth-order valence-electron chi connectivity index (χ4n) is 2.94. The van der Waals surface area contributed by atoms with Gasteiger partial charge in [0.05, 0.1) is 24.2 Å². The van der Waals surface area contributed by atoms with Gasteiger partial charge < -0.3 is 20.9 Å². The van der Waals surface area contributed by atoms with Crippen LogP contribution in [-0.2, 0) is 9.53 Å². The molecule has 2 unspecified atom stereocenters. The first-order valence-electron chi connectivity index (χ1n) is 7.51. The molecule has 2 atom stereocenters. The van der Waals surface area contributed by atoms with Crippen molar-refractivity contribution in [3.8, 4) is 0 Å². The van der Waals surface area contributed by atoms with Crippen molar-refractivity contribution in [2.75, 3.05) is 19.8 Å². The number of nitrogens with two attached hydrogens (primary N) is 1. The first kappa shape index (κ1) is 15.7. The maximum absolute atomic E-state index is 12.3. The van der Waals surface area contributed by atoms with Crippen LogP contribution in [0.15, 0.2) is 0 Å². The maximum Gasteiger partial charge on any atom is 0.230 e. The predicted octanol–water partition coefficient (Wildman–Crippen LogP) is 0.798. The number of amides is 1. The molecule has 0 aromatic heterocycles. The lowest BCUT2D eigenvalue weighted by molar-refractivity contribution is -0.132. The Morgan fingerprint density at radius 2 is 1.90 bits per heavy atom. The fraction of sp³-hybridized carbons (Fsp3) is 0.933. The third kappa shape index (κ3) is 3.15. The van der Waals surface area contributed by atoms with Crippen molar-refractivity contribution < 1.29 is 14.6 Å². The molecule has 1 saturated carbocycles. The molecule has 0 aromatic rings. The number of aliphatic hydroxyl groups is 1. The van der Waals surface area contributed by atoms with Crippen LogP contribution in [0.1, 0.15) is 46.5 Å². The van der Waals surface area contributed by atoms with E-state index in [2.05, 4.69) is 19.2 Å². The van der Waals surface area contributed by atoms with Crippen molar-refractivity contribution in [1.29, 1.82) is 0 Å². The van der Waals surface area contributed by atoms with E-state index in [1.807, 2.05) is 6.92 Å². The molecular weight excluding hydrogens is 256 g/mol. The lowest BCUT2D eigenvalue weighted by Gasteiger charge is -2.40. The van der Waals surface area contributed by atoms with Crippen molar-refractivity contribution in [3.05, 3.63) is 0 Å². The molecule has 1 heterocycles. The van der Waals surface area contributed by atoms with E-state index >= 15 is 0 Å². The molecule has 0 bridgehead atoms. The summed E-state index contributed by atoms with van der Waals surface area (Å²) in [5, 5.41) is 13.5. The number of hydrogen-bond donors (Lipinski definition) is 3. The van der Waals surface area contributed by atoms with Crippen molar-refractivity contribution in [2.24, 2.45) is 16.6 Å². The Labute approximate surface area is 121 Å². The molecule has 4 N–H and O–H groups in total. The first-order valence-corrected chi connectivity index (χ1v) is 7.51. The van der Waals surface area contributed by atoms with Gasteiger partial charge in [-0.05, 0) is 38.0 Å². The Hall–Kier alpha value is -0.650. The average molecular weight is 284 g/mol. The molecule has 2 rings (SSSR count). The smallest absolute Gasteiger partial charge is 0.230 e. The van der Waals surface area contributed by atoms with Gasteiger partial charge in [0.15, 0.2) is 0 Å². The number of hydrogen-bond acceptors (Lipinski definition) is 4. The lowest BCUT2D eigenvalue weighted by Crippen LogP contribution is -2.54. The van der Waals surface area contributed by atoms with Crippen LogP contribution in [0, 0.1) is 10.8 Å². The Kier molecular flexibility index (Phi) is 4.15. The molecule has 5 nitrogen and oxygen atoms in total. The van der Waals surface area contributed by atoms with E-state index in [9.17, 15) is 9.90 Å². The molecule has 2 fully saturated rings. The Morgan fingerprint density at radius 3 is 2.40 bits per heavy atom. The van der Waals surface area contributed by atoms with Crippen LogP contribution < -0.4 is 11.1 Å². The molecule has 1 amide bonds. The highest BCUT2D eigenvalue weighted by Gasteiger charge is 2.45. The summed E-state index contributed by atoms with van der Waals surface area (Å²) in [5.41, 5.74) is 4.79. The monoisotopic (exact) mass is 284 g/mol. The minimum Gasteiger partial charge on any atom is -0.388 e. The predicted molar refractivity (Wildman–Crippen MR) is 77.1 cm³/mol. The molecule has 5 heteroatoms. The normalized spacial score (nSPS) is 35.8. The summed E-state index contributed by atoms with van der Waals surface area (Å²) >= 11 is 0. The molecule has 1 saturated heterocycles. The van der Waals surface area contributed by atoms with E-state index in [1.54, 1.807) is 0 Å². The van der Waals surface area contributed by atoms with Gasteiger partial charge in [-0.1, -0.05) is 13.8 Å². The van der Waals surface area contributed by atoms with E-state index in [0.717, 1.165) is 25.7 Å². The van der Waals surface area contributed by atoms with Crippen LogP contribution in [-0.4, -0.2) is 42.4 Å². The molecule has 2 aliphatic rings. The number of ether oxygens (including phenoxy) is 1. The largest absolute Gasteiger partial charge is 0.388 e. The van der Waals surface area contributed by atoms with Crippen LogP contribution in [0.2, 0.25) is 0 Å². The zero-order chi connectivity index (χ0) is 15.0. The van der Waals surface area contributed by atoms with Gasteiger partial charge in [0.1, 0.15) is 0 Å². The van der Waals surface area contributed by atoms with Gasteiger partial charge in [0.25, 0.3) is 0 Å². The molecule has 1 aliphatic carbocycles. The molecular formula is C15H28N2O3. The average Bonchev–Trinajstić information content (AvgIpc) is 2.73. The second kappa shape index (κ2) is 5.28. The van der Waals surface area contributed by atoms with E-state index in [1.165, 1.54) is 0 Å². The van der Waals surface area contributed by atoms with Gasteiger partial charge in [0.2, 0.25) is 5.91 Å². The van der Waals surface area contributed by atoms with Crippen LogP contribution in [0.25, 0.3) is 0 Å². The van der Waals surface area contributed by atoms with E-state index in [-0.39, 0.29) is 11.9 Å². The summed E-state index contributed by atoms with van der Waals surface area (Å²) < 4.78 is 5.29. The third-order valence-corrected chi connectivity index (χ3v) is 5.15. The molecule has 1 aliphatic heterocycles. The topological polar surface area (TPSA) is 84.6 Å². The van der Waals surface area contributed by atoms with Gasteiger partial charge >= 0.3 is 0 Å². The fourth-order valence-corrected chi connectivity index (χ4v) is 2.94. The van der Waals surface area contributed by atoms with Crippen LogP contribution in [0.4, 0.5) is 0 Å². The number of carbonyl (C=O) groups excluding carboxylic acids is 1. The van der Waals surface area contributed by atoms with Crippen LogP contribution >= 0.6 is 0 Å². The second-order valence-corrected chi connectivity index (χ2v) is 7.61. The molecule has 116 valence electrons. The zero-order valence-electron chi connectivity index (χ0n) is 12.9. The van der Waals surface area contributed by atoms with Crippen molar-refractivity contribution in [2.45, 2.75) is 58.1 Å². The highest BCUT2D eigenvalue weighted by molar-refractivity contribution is 5.83. The molecule has 20 heavy (non-hydrogen) atoms. The standard InChI is InChI=1S/C15H28N2O3/c1-13(2)4-6-15(19,7-5-13)9-17-12(18)14(3)10-20-8-11(14)16/h11,19H,4-10,16H2,1-3H3,(H,17,18). The Bertz CT molecular complexity index is 373. The van der Waals surface area contributed by atoms with Crippen molar-refractivity contribution in [3.63, 3.8) is 0 Å². The van der Waals surface area contributed by atoms with E-state index in [4.69, 9.17) is 10.5 Å². The summed E-state index contributed by atoms with van der Waals surface area (Å²) in [6, 6.07) is -0.276. The third-order valence-electron chi connectivity index (χ3n) is 5.15. The lowest BCUT2D eigenvalue weighted by atomic mass is 9.71. The van der Waals surface area contributed by atoms with Crippen LogP contribution in [0.5, 0.6) is 0 Å². The minimum atomic E-state index is -0.773. The summed E-state index contributed by atoms with van der Waals surface area (Å²) in [7, 11) is 0. The van der Waals surface area contributed by atoms with Crippen LogP contribution in [0.3, 0.4) is 0 Å². The SMILES string of the molecule is CC1(C)CCC(O)(CNC(=O)C2(C)COCC2N)CC1. The quantitative estimate of drug-likeness (QED) is 0.715. The summed E-state index contributed by atoms with van der Waals surface area (Å²) in [5.74, 6) is -0.110. The highest BCUT2D eigenvalue weighted by Crippen LogP contribution is 2.40. The van der Waals surface area contributed by atoms with Gasteiger partial charge in [-0.15, -0.1) is 0 Å². The van der Waals surface area contributed by atoms with E-state index in [0.29, 0.717) is 25.2 Å². The Morgan fingerprint density at radius 1 is 1.30 bits per heavy atom. The van der Waals surface area contributed by atoms with E-state index < -0.39 is 11.0 Å². The number of carbonyl (C=O) groups is 1. The van der Waals surface area contributed by atoms with Gasteiger partial charge in [-0.3, -0.25) is 4.79 Å². The molecule has 0 spiro atoms. The number of nitrogens with one attached hydrogen (secondary N) is 1. The molecule has 0 aromatic carbocycles. The minimum absolute atomic E-state index is 0.110. The highest BCUT2D eigenvalue weighted by atomic mass is 16.5. The second-order valence-electron chi connectivity index (χ2n) is 7.61. The van der Waals surface area contributed by atoms with Crippen molar-refractivity contribution in [1.82, 2.24) is 5.32 Å². The Balaban J connectivity index is 1.87. The maximum atomic E-state index is 12.3. The van der Waals surface area contributed by atoms with Gasteiger partial charge in [-0.2, -0.15) is 0 Å². The van der Waals surface area contributed by atoms with Crippen molar-refractivity contribution >= 4 is 5.91 Å². The summed E-state index contributed by atoms with van der Waals surface area (Å²) in [6.07, 6.45) is 3.44. The van der Waals surface area contributed by atoms with Gasteiger partial charge in [0, 0.05) is 12.6 Å². The molecule has 0 radical (unpaired) electrons. The number of rotatable bonds is 3. The van der Waals surface area contributed by atoms with Gasteiger partial charge in [-0.25, -0.2) is 0 Å². The summed E-state index contributed by atoms with van der Waals surface area (Å²) in [6.45, 7) is 7.36. The zero-order valence-corrected chi connectivity index (χ0v) is 12.9. The summed E-state index contributed by atoms with van der Waals surface area (Å²) in [4.78, 5) is 12.3.